The molecule has 0 bridgehead atoms. The fourth-order valence-corrected chi connectivity index (χ4v) is 4.38. The zero-order chi connectivity index (χ0) is 20.9. The van der Waals surface area contributed by atoms with Crippen molar-refractivity contribution in [1.29, 1.82) is 0 Å². The van der Waals surface area contributed by atoms with E-state index in [9.17, 15) is 9.18 Å². The van der Waals surface area contributed by atoms with E-state index in [1.54, 1.807) is 12.1 Å². The molecular formula is C25H23FN2OS. The van der Waals surface area contributed by atoms with Crippen LogP contribution in [0, 0.1) is 12.7 Å². The number of carbonyl (C=O) groups is 1. The van der Waals surface area contributed by atoms with Crippen molar-refractivity contribution in [1.82, 2.24) is 9.88 Å². The number of rotatable bonds is 7. The Bertz CT molecular complexity index is 1170. The van der Waals surface area contributed by atoms with Gasteiger partial charge in [-0.15, -0.1) is 11.8 Å². The van der Waals surface area contributed by atoms with Gasteiger partial charge in [-0.1, -0.05) is 60.2 Å². The monoisotopic (exact) mass is 418 g/mol. The molecule has 1 heterocycles. The Balaban J connectivity index is 1.43. The number of nitrogens with one attached hydrogen (secondary N) is 1. The minimum Gasteiger partial charge on any atom is -0.351 e. The second-order valence-electron chi connectivity index (χ2n) is 7.32. The van der Waals surface area contributed by atoms with Crippen LogP contribution in [0.25, 0.3) is 10.9 Å². The highest BCUT2D eigenvalue weighted by Crippen LogP contribution is 2.30. The minimum absolute atomic E-state index is 0.0418. The molecule has 1 amide bonds. The van der Waals surface area contributed by atoms with Crippen molar-refractivity contribution in [3.8, 4) is 0 Å². The molecular weight excluding hydrogens is 395 g/mol. The summed E-state index contributed by atoms with van der Waals surface area (Å²) in [5, 5.41) is 4.05. The molecule has 0 radical (unpaired) electrons. The van der Waals surface area contributed by atoms with Crippen molar-refractivity contribution in [2.75, 3.05) is 5.75 Å². The largest absolute Gasteiger partial charge is 0.351 e. The van der Waals surface area contributed by atoms with Crippen LogP contribution in [0.3, 0.4) is 0 Å². The van der Waals surface area contributed by atoms with Gasteiger partial charge in [0.15, 0.2) is 0 Å². The second-order valence-corrected chi connectivity index (χ2v) is 8.34. The molecule has 0 fully saturated rings. The van der Waals surface area contributed by atoms with Crippen LogP contribution in [0.4, 0.5) is 4.39 Å². The molecule has 5 heteroatoms. The summed E-state index contributed by atoms with van der Waals surface area (Å²) < 4.78 is 15.2. The van der Waals surface area contributed by atoms with Crippen molar-refractivity contribution < 1.29 is 9.18 Å². The maximum Gasteiger partial charge on any atom is 0.230 e. The van der Waals surface area contributed by atoms with Crippen molar-refractivity contribution in [3.05, 3.63) is 102 Å². The van der Waals surface area contributed by atoms with E-state index in [-0.39, 0.29) is 11.7 Å². The molecule has 0 saturated carbocycles. The maximum absolute atomic E-state index is 13.0. The summed E-state index contributed by atoms with van der Waals surface area (Å²) in [5.41, 5.74) is 4.54. The van der Waals surface area contributed by atoms with Gasteiger partial charge in [0, 0.05) is 35.1 Å². The first kappa shape index (κ1) is 20.2. The first-order chi connectivity index (χ1) is 14.6. The summed E-state index contributed by atoms with van der Waals surface area (Å²) >= 11 is 1.54. The van der Waals surface area contributed by atoms with Gasteiger partial charge in [-0.25, -0.2) is 4.39 Å². The van der Waals surface area contributed by atoms with E-state index in [2.05, 4.69) is 59.4 Å². The van der Waals surface area contributed by atoms with Crippen molar-refractivity contribution in [2.45, 2.75) is 24.9 Å². The number of aromatic nitrogens is 1. The van der Waals surface area contributed by atoms with Gasteiger partial charge in [0.1, 0.15) is 5.82 Å². The molecule has 0 aliphatic heterocycles. The Morgan fingerprint density at radius 2 is 1.80 bits per heavy atom. The molecule has 4 rings (SSSR count). The third-order valence-corrected chi connectivity index (χ3v) is 5.99. The molecule has 0 aliphatic rings. The Labute approximate surface area is 179 Å². The number of amides is 1. The van der Waals surface area contributed by atoms with Gasteiger partial charge >= 0.3 is 0 Å². The Morgan fingerprint density at radius 1 is 1.00 bits per heavy atom. The van der Waals surface area contributed by atoms with E-state index in [0.717, 1.165) is 27.9 Å². The van der Waals surface area contributed by atoms with Crippen LogP contribution in [-0.2, 0) is 17.9 Å². The lowest BCUT2D eigenvalue weighted by atomic mass is 10.1. The number of carbonyl (C=O) groups excluding carboxylic acids is 1. The fraction of sp³-hybridized carbons (Fsp3) is 0.160. The first-order valence-corrected chi connectivity index (χ1v) is 10.8. The molecule has 152 valence electrons. The second kappa shape index (κ2) is 9.18. The van der Waals surface area contributed by atoms with Gasteiger partial charge < -0.3 is 9.88 Å². The van der Waals surface area contributed by atoms with Crippen molar-refractivity contribution >= 4 is 28.6 Å². The van der Waals surface area contributed by atoms with Crippen molar-refractivity contribution in [3.63, 3.8) is 0 Å². The highest BCUT2D eigenvalue weighted by atomic mass is 32.2. The quantitative estimate of drug-likeness (QED) is 0.400. The summed E-state index contributed by atoms with van der Waals surface area (Å²) in [6.07, 6.45) is 2.13. The zero-order valence-electron chi connectivity index (χ0n) is 16.8. The number of thioether (sulfide) groups is 1. The molecule has 0 spiro atoms. The lowest BCUT2D eigenvalue weighted by molar-refractivity contribution is -0.118. The van der Waals surface area contributed by atoms with E-state index >= 15 is 0 Å². The van der Waals surface area contributed by atoms with Gasteiger partial charge in [0.05, 0.1) is 5.75 Å². The number of para-hydroxylation sites is 1. The van der Waals surface area contributed by atoms with Crippen LogP contribution >= 0.6 is 11.8 Å². The van der Waals surface area contributed by atoms with Gasteiger partial charge in [-0.2, -0.15) is 0 Å². The van der Waals surface area contributed by atoms with E-state index in [4.69, 9.17) is 0 Å². The molecule has 0 aliphatic carbocycles. The summed E-state index contributed by atoms with van der Waals surface area (Å²) in [4.78, 5) is 13.4. The fourth-order valence-electron chi connectivity index (χ4n) is 3.46. The average Bonchev–Trinajstić information content (AvgIpc) is 3.09. The van der Waals surface area contributed by atoms with Crippen LogP contribution in [0.15, 0.2) is 83.9 Å². The molecule has 1 N–H and O–H groups in total. The van der Waals surface area contributed by atoms with Gasteiger partial charge in [-0.3, -0.25) is 4.79 Å². The number of hydrogen-bond acceptors (Lipinski definition) is 2. The summed E-state index contributed by atoms with van der Waals surface area (Å²) in [6, 6.07) is 23.0. The Kier molecular flexibility index (Phi) is 6.19. The number of benzene rings is 3. The van der Waals surface area contributed by atoms with Crippen molar-refractivity contribution in [2.24, 2.45) is 0 Å². The van der Waals surface area contributed by atoms with Gasteiger partial charge in [-0.05, 0) is 36.2 Å². The number of nitrogens with zero attached hydrogens (tertiary/aromatic N) is 1. The van der Waals surface area contributed by atoms with Crippen LogP contribution in [0.2, 0.25) is 0 Å². The van der Waals surface area contributed by atoms with E-state index in [1.807, 2.05) is 12.1 Å². The topological polar surface area (TPSA) is 34.0 Å². The van der Waals surface area contributed by atoms with E-state index in [1.165, 1.54) is 35.0 Å². The van der Waals surface area contributed by atoms with E-state index < -0.39 is 0 Å². The molecule has 0 saturated heterocycles. The Hall–Kier alpha value is -3.05. The Morgan fingerprint density at radius 3 is 2.60 bits per heavy atom. The predicted molar refractivity (Wildman–Crippen MR) is 121 cm³/mol. The molecule has 30 heavy (non-hydrogen) atoms. The molecule has 3 aromatic carbocycles. The number of fused-ring (bicyclic) bond motifs is 1. The molecule has 3 nitrogen and oxygen atoms in total. The average molecular weight is 419 g/mol. The predicted octanol–water partition coefficient (Wildman–Crippen LogP) is 5.55. The van der Waals surface area contributed by atoms with Gasteiger partial charge in [0.2, 0.25) is 5.91 Å². The maximum atomic E-state index is 13.0. The van der Waals surface area contributed by atoms with E-state index in [0.29, 0.717) is 12.3 Å². The minimum atomic E-state index is -0.275. The smallest absolute Gasteiger partial charge is 0.230 e. The molecule has 0 atom stereocenters. The first-order valence-electron chi connectivity index (χ1n) is 9.86. The van der Waals surface area contributed by atoms with Gasteiger partial charge in [0.25, 0.3) is 0 Å². The number of aryl methyl sites for hydroxylation is 1. The molecule has 4 aromatic rings. The van der Waals surface area contributed by atoms with Crippen LogP contribution in [-0.4, -0.2) is 16.2 Å². The van der Waals surface area contributed by atoms with Crippen LogP contribution < -0.4 is 5.32 Å². The van der Waals surface area contributed by atoms with Crippen LogP contribution in [0.1, 0.15) is 16.7 Å². The third kappa shape index (κ3) is 4.92. The van der Waals surface area contributed by atoms with Crippen LogP contribution in [0.5, 0.6) is 0 Å². The number of hydrogen-bond donors (Lipinski definition) is 1. The normalized spacial score (nSPS) is 11.0. The zero-order valence-corrected chi connectivity index (χ0v) is 17.6. The third-order valence-electron chi connectivity index (χ3n) is 4.95. The lowest BCUT2D eigenvalue weighted by Gasteiger charge is -2.06. The lowest BCUT2D eigenvalue weighted by Crippen LogP contribution is -2.24. The molecule has 0 unspecified atom stereocenters. The highest BCUT2D eigenvalue weighted by molar-refractivity contribution is 8.00. The SMILES string of the molecule is Cc1cccc(Cn2cc(SCC(=O)NCc3ccc(F)cc3)c3ccccc32)c1. The molecule has 1 aromatic heterocycles. The summed E-state index contributed by atoms with van der Waals surface area (Å²) in [6.45, 7) is 3.29. The summed E-state index contributed by atoms with van der Waals surface area (Å²) in [5.74, 6) is 0.0159. The standard InChI is InChI=1S/C25H23FN2OS/c1-18-5-4-6-20(13-18)15-28-16-24(22-7-2-3-8-23(22)28)30-17-25(29)27-14-19-9-11-21(26)12-10-19/h2-13,16H,14-15,17H2,1H3,(H,27,29). The highest BCUT2D eigenvalue weighted by Gasteiger charge is 2.11. The number of halogens is 1. The summed E-state index contributed by atoms with van der Waals surface area (Å²) in [7, 11) is 0.